The van der Waals surface area contributed by atoms with Gasteiger partial charge in [-0.1, -0.05) is 18.2 Å². The first-order valence-corrected chi connectivity index (χ1v) is 3.91. The zero-order valence-electron chi connectivity index (χ0n) is 6.77. The van der Waals surface area contributed by atoms with E-state index in [2.05, 4.69) is 0 Å². The zero-order valence-corrected chi connectivity index (χ0v) is 6.77. The van der Waals surface area contributed by atoms with E-state index >= 15 is 0 Å². The van der Waals surface area contributed by atoms with Gasteiger partial charge in [0.15, 0.2) is 0 Å². The molecule has 66 valence electrons. The van der Waals surface area contributed by atoms with E-state index in [9.17, 15) is 10.2 Å². The Balaban J connectivity index is 2.79. The van der Waals surface area contributed by atoms with Crippen LogP contribution in [0.2, 0.25) is 0 Å². The van der Waals surface area contributed by atoms with E-state index in [4.69, 9.17) is 5.73 Å². The zero-order chi connectivity index (χ0) is 8.97. The van der Waals surface area contributed by atoms with Gasteiger partial charge in [0, 0.05) is 5.56 Å². The van der Waals surface area contributed by atoms with Gasteiger partial charge >= 0.3 is 0 Å². The summed E-state index contributed by atoms with van der Waals surface area (Å²) in [5.74, 6) is 0.124. The highest BCUT2D eigenvalue weighted by molar-refractivity contribution is 5.33. The quantitative estimate of drug-likeness (QED) is 0.623. The lowest BCUT2D eigenvalue weighted by Crippen LogP contribution is -2.06. The molecule has 0 bridgehead atoms. The molecule has 0 saturated heterocycles. The van der Waals surface area contributed by atoms with Gasteiger partial charge in [-0.3, -0.25) is 0 Å². The molecule has 1 aromatic carbocycles. The Morgan fingerprint density at radius 1 is 1.33 bits per heavy atom. The average Bonchev–Trinajstić information content (AvgIpc) is 2.05. The Hall–Kier alpha value is -1.06. The van der Waals surface area contributed by atoms with Gasteiger partial charge < -0.3 is 15.9 Å². The molecule has 1 rings (SSSR count). The first-order chi connectivity index (χ1) is 5.75. The summed E-state index contributed by atoms with van der Waals surface area (Å²) in [4.78, 5) is 0. The van der Waals surface area contributed by atoms with Crippen molar-refractivity contribution in [3.8, 4) is 5.75 Å². The normalized spacial score (nSPS) is 12.8. The Labute approximate surface area is 71.5 Å². The van der Waals surface area contributed by atoms with Gasteiger partial charge in [-0.15, -0.1) is 0 Å². The van der Waals surface area contributed by atoms with Crippen LogP contribution in [0.4, 0.5) is 0 Å². The van der Waals surface area contributed by atoms with Crippen LogP contribution in [0.25, 0.3) is 0 Å². The second-order valence-corrected chi connectivity index (χ2v) is 2.65. The summed E-state index contributed by atoms with van der Waals surface area (Å²) in [7, 11) is 0. The molecule has 3 heteroatoms. The van der Waals surface area contributed by atoms with Crippen LogP contribution in [-0.2, 0) is 0 Å². The molecule has 0 aliphatic rings. The number of para-hydroxylation sites is 1. The summed E-state index contributed by atoms with van der Waals surface area (Å²) in [6, 6.07) is 6.73. The van der Waals surface area contributed by atoms with Crippen molar-refractivity contribution in [3.05, 3.63) is 29.8 Å². The van der Waals surface area contributed by atoms with E-state index in [0.717, 1.165) is 0 Å². The van der Waals surface area contributed by atoms with Crippen molar-refractivity contribution in [2.75, 3.05) is 6.54 Å². The number of nitrogens with two attached hydrogens (primary N) is 1. The van der Waals surface area contributed by atoms with Crippen LogP contribution in [0.1, 0.15) is 18.1 Å². The number of aromatic hydroxyl groups is 1. The Bertz CT molecular complexity index is 250. The minimum absolute atomic E-state index is 0.124. The lowest BCUT2D eigenvalue weighted by atomic mass is 10.1. The fraction of sp³-hybridized carbons (Fsp3) is 0.333. The molecule has 0 spiro atoms. The van der Waals surface area contributed by atoms with Crippen molar-refractivity contribution >= 4 is 0 Å². The summed E-state index contributed by atoms with van der Waals surface area (Å²) in [5, 5.41) is 18.8. The molecule has 3 nitrogen and oxygen atoms in total. The number of benzene rings is 1. The molecule has 0 heterocycles. The molecule has 12 heavy (non-hydrogen) atoms. The molecule has 0 aliphatic carbocycles. The summed E-state index contributed by atoms with van der Waals surface area (Å²) < 4.78 is 0. The van der Waals surface area contributed by atoms with Crippen LogP contribution < -0.4 is 5.73 Å². The third-order valence-electron chi connectivity index (χ3n) is 1.74. The smallest absolute Gasteiger partial charge is 0.121 e. The lowest BCUT2D eigenvalue weighted by Gasteiger charge is -2.10. The molecule has 4 N–H and O–H groups in total. The molecule has 0 amide bonds. The van der Waals surface area contributed by atoms with Crippen molar-refractivity contribution in [2.24, 2.45) is 5.73 Å². The van der Waals surface area contributed by atoms with Crippen molar-refractivity contribution in [3.63, 3.8) is 0 Å². The highest BCUT2D eigenvalue weighted by Gasteiger charge is 2.09. The highest BCUT2D eigenvalue weighted by Crippen LogP contribution is 2.24. The molecule has 1 atom stereocenters. The standard InChI is InChI=1S/C9H13NO2/c10-6-5-9(12)7-3-1-2-4-8(7)11/h1-4,9,11-12H,5-6,10H2/t9-/m0/s1. The molecule has 0 radical (unpaired) electrons. The summed E-state index contributed by atoms with van der Waals surface area (Å²) in [6.45, 7) is 0.412. The summed E-state index contributed by atoms with van der Waals surface area (Å²) >= 11 is 0. The van der Waals surface area contributed by atoms with E-state index < -0.39 is 6.10 Å². The first kappa shape index (κ1) is 9.03. The minimum atomic E-state index is -0.656. The van der Waals surface area contributed by atoms with Gasteiger partial charge in [-0.05, 0) is 19.0 Å². The van der Waals surface area contributed by atoms with Gasteiger partial charge in [0.1, 0.15) is 5.75 Å². The number of aliphatic hydroxyl groups excluding tert-OH is 1. The van der Waals surface area contributed by atoms with Crippen LogP contribution in [0.5, 0.6) is 5.75 Å². The van der Waals surface area contributed by atoms with E-state index in [1.165, 1.54) is 0 Å². The van der Waals surface area contributed by atoms with Gasteiger partial charge in [-0.2, -0.15) is 0 Å². The monoisotopic (exact) mass is 167 g/mol. The van der Waals surface area contributed by atoms with Crippen LogP contribution >= 0.6 is 0 Å². The first-order valence-electron chi connectivity index (χ1n) is 3.91. The topological polar surface area (TPSA) is 66.5 Å². The molecule has 0 fully saturated rings. The molecule has 0 aromatic heterocycles. The highest BCUT2D eigenvalue weighted by atomic mass is 16.3. The van der Waals surface area contributed by atoms with Crippen LogP contribution in [-0.4, -0.2) is 16.8 Å². The van der Waals surface area contributed by atoms with E-state index in [1.54, 1.807) is 24.3 Å². The van der Waals surface area contributed by atoms with Gasteiger partial charge in [0.2, 0.25) is 0 Å². The van der Waals surface area contributed by atoms with Gasteiger partial charge in [0.25, 0.3) is 0 Å². The maximum atomic E-state index is 9.46. The predicted molar refractivity (Wildman–Crippen MR) is 46.7 cm³/mol. The third-order valence-corrected chi connectivity index (χ3v) is 1.74. The molecule has 1 aromatic rings. The number of aliphatic hydroxyl groups is 1. The maximum Gasteiger partial charge on any atom is 0.121 e. The minimum Gasteiger partial charge on any atom is -0.508 e. The number of phenolic OH excluding ortho intramolecular Hbond substituents is 1. The van der Waals surface area contributed by atoms with Gasteiger partial charge in [-0.25, -0.2) is 0 Å². The fourth-order valence-electron chi connectivity index (χ4n) is 1.08. The third kappa shape index (κ3) is 1.96. The van der Waals surface area contributed by atoms with E-state index in [-0.39, 0.29) is 5.75 Å². The molecule has 0 saturated carbocycles. The Morgan fingerprint density at radius 2 is 2.00 bits per heavy atom. The average molecular weight is 167 g/mol. The summed E-state index contributed by atoms with van der Waals surface area (Å²) in [5.41, 5.74) is 5.82. The predicted octanol–water partition coefficient (Wildman–Crippen LogP) is 0.774. The molecular weight excluding hydrogens is 154 g/mol. The van der Waals surface area contributed by atoms with Gasteiger partial charge in [0.05, 0.1) is 6.10 Å². The lowest BCUT2D eigenvalue weighted by molar-refractivity contribution is 0.166. The number of hydrogen-bond acceptors (Lipinski definition) is 3. The number of phenols is 1. The second-order valence-electron chi connectivity index (χ2n) is 2.65. The van der Waals surface area contributed by atoms with Crippen molar-refractivity contribution in [1.82, 2.24) is 0 Å². The van der Waals surface area contributed by atoms with E-state index in [0.29, 0.717) is 18.5 Å². The Kier molecular flexibility index (Phi) is 3.08. The maximum absolute atomic E-state index is 9.46. The SMILES string of the molecule is NCC[C@H](O)c1ccccc1O. The van der Waals surface area contributed by atoms with Crippen LogP contribution in [0, 0.1) is 0 Å². The molecular formula is C9H13NO2. The fourth-order valence-corrected chi connectivity index (χ4v) is 1.08. The van der Waals surface area contributed by atoms with Crippen LogP contribution in [0.3, 0.4) is 0 Å². The Morgan fingerprint density at radius 3 is 2.58 bits per heavy atom. The van der Waals surface area contributed by atoms with Crippen molar-refractivity contribution < 1.29 is 10.2 Å². The van der Waals surface area contributed by atoms with Crippen LogP contribution in [0.15, 0.2) is 24.3 Å². The summed E-state index contributed by atoms with van der Waals surface area (Å²) in [6.07, 6.45) is -0.186. The largest absolute Gasteiger partial charge is 0.508 e. The second kappa shape index (κ2) is 4.09. The molecule has 0 unspecified atom stereocenters. The van der Waals surface area contributed by atoms with Crippen molar-refractivity contribution in [2.45, 2.75) is 12.5 Å². The molecule has 0 aliphatic heterocycles. The number of hydrogen-bond donors (Lipinski definition) is 3. The van der Waals surface area contributed by atoms with Crippen molar-refractivity contribution in [1.29, 1.82) is 0 Å². The number of rotatable bonds is 3. The van der Waals surface area contributed by atoms with E-state index in [1.807, 2.05) is 0 Å².